The van der Waals surface area contributed by atoms with E-state index in [2.05, 4.69) is 10.4 Å². The summed E-state index contributed by atoms with van der Waals surface area (Å²) < 4.78 is 39.9. The third kappa shape index (κ3) is 3.73. The first-order valence-corrected chi connectivity index (χ1v) is 6.89. The lowest BCUT2D eigenvalue weighted by Crippen LogP contribution is -2.53. The summed E-state index contributed by atoms with van der Waals surface area (Å²) in [6.45, 7) is 1.06. The predicted octanol–water partition coefficient (Wildman–Crippen LogP) is 1.42. The largest absolute Gasteiger partial charge is 0.416 e. The van der Waals surface area contributed by atoms with E-state index in [0.717, 1.165) is 18.2 Å². The fourth-order valence-corrected chi connectivity index (χ4v) is 2.14. The highest BCUT2D eigenvalue weighted by Gasteiger charge is 2.38. The number of benzene rings is 1. The van der Waals surface area contributed by atoms with Gasteiger partial charge in [-0.05, 0) is 30.7 Å². The highest BCUT2D eigenvalue weighted by Crippen LogP contribution is 2.32. The molecule has 2 amide bonds. The van der Waals surface area contributed by atoms with E-state index >= 15 is 0 Å². The molecule has 9 heteroatoms. The first-order chi connectivity index (χ1) is 11.1. The Morgan fingerprint density at radius 3 is 2.46 bits per heavy atom. The maximum atomic E-state index is 12.9. The Balaban J connectivity index is 2.30. The molecule has 0 saturated carbocycles. The SMILES string of the molecule is C[C@@](NC(=O)Cn1cccn1)(C(N)=O)c1cccc(C(F)(F)F)c1. The van der Waals surface area contributed by atoms with Crippen LogP contribution in [0.3, 0.4) is 0 Å². The Kier molecular flexibility index (Phi) is 4.63. The molecule has 24 heavy (non-hydrogen) atoms. The van der Waals surface area contributed by atoms with Crippen molar-refractivity contribution in [2.45, 2.75) is 25.2 Å². The number of carbonyl (C=O) groups is 2. The van der Waals surface area contributed by atoms with Crippen molar-refractivity contribution in [1.82, 2.24) is 15.1 Å². The van der Waals surface area contributed by atoms with Gasteiger partial charge < -0.3 is 11.1 Å². The molecule has 2 aromatic rings. The van der Waals surface area contributed by atoms with Crippen LogP contribution in [0.5, 0.6) is 0 Å². The van der Waals surface area contributed by atoms with E-state index < -0.39 is 29.1 Å². The van der Waals surface area contributed by atoms with E-state index in [1.54, 1.807) is 6.07 Å². The van der Waals surface area contributed by atoms with Crippen molar-refractivity contribution in [2.75, 3.05) is 0 Å². The van der Waals surface area contributed by atoms with Crippen LogP contribution >= 0.6 is 0 Å². The van der Waals surface area contributed by atoms with Gasteiger partial charge in [-0.25, -0.2) is 0 Å². The van der Waals surface area contributed by atoms with Gasteiger partial charge in [-0.2, -0.15) is 18.3 Å². The molecule has 0 radical (unpaired) electrons. The van der Waals surface area contributed by atoms with Crippen LogP contribution in [0.1, 0.15) is 18.1 Å². The van der Waals surface area contributed by atoms with Gasteiger partial charge in [0.2, 0.25) is 11.8 Å². The maximum Gasteiger partial charge on any atom is 0.416 e. The summed E-state index contributed by atoms with van der Waals surface area (Å²) in [5.41, 5.74) is 2.55. The average molecular weight is 340 g/mol. The van der Waals surface area contributed by atoms with Crippen molar-refractivity contribution in [3.8, 4) is 0 Å². The topological polar surface area (TPSA) is 90.0 Å². The highest BCUT2D eigenvalue weighted by molar-refractivity contribution is 5.91. The third-order valence-electron chi connectivity index (χ3n) is 3.51. The molecule has 1 aromatic heterocycles. The highest BCUT2D eigenvalue weighted by atomic mass is 19.4. The van der Waals surface area contributed by atoms with Crippen molar-refractivity contribution in [1.29, 1.82) is 0 Å². The molecule has 1 aromatic carbocycles. The molecular weight excluding hydrogens is 325 g/mol. The minimum atomic E-state index is -4.58. The van der Waals surface area contributed by atoms with E-state index in [9.17, 15) is 22.8 Å². The molecule has 0 saturated heterocycles. The molecule has 0 aliphatic heterocycles. The van der Waals surface area contributed by atoms with Gasteiger partial charge in [0.05, 0.1) is 5.56 Å². The lowest BCUT2D eigenvalue weighted by Gasteiger charge is -2.28. The van der Waals surface area contributed by atoms with Crippen LogP contribution in [-0.2, 0) is 27.8 Å². The third-order valence-corrected chi connectivity index (χ3v) is 3.51. The Morgan fingerprint density at radius 2 is 1.92 bits per heavy atom. The van der Waals surface area contributed by atoms with Crippen molar-refractivity contribution in [3.63, 3.8) is 0 Å². The molecule has 0 aliphatic rings. The quantitative estimate of drug-likeness (QED) is 0.862. The minimum Gasteiger partial charge on any atom is -0.367 e. The summed E-state index contributed by atoms with van der Waals surface area (Å²) in [6.07, 6.45) is -1.58. The number of nitrogens with one attached hydrogen (secondary N) is 1. The first-order valence-electron chi connectivity index (χ1n) is 6.89. The second-order valence-electron chi connectivity index (χ2n) is 5.32. The zero-order chi connectivity index (χ0) is 18.0. The summed E-state index contributed by atoms with van der Waals surface area (Å²) in [6, 6.07) is 5.72. The molecule has 0 spiro atoms. The van der Waals surface area contributed by atoms with Gasteiger partial charge in [-0.1, -0.05) is 12.1 Å². The van der Waals surface area contributed by atoms with Gasteiger partial charge in [-0.3, -0.25) is 14.3 Å². The number of aromatic nitrogens is 2. The van der Waals surface area contributed by atoms with E-state index in [0.29, 0.717) is 0 Å². The molecule has 0 fully saturated rings. The van der Waals surface area contributed by atoms with Gasteiger partial charge in [0.1, 0.15) is 12.1 Å². The van der Waals surface area contributed by atoms with Crippen LogP contribution in [-0.4, -0.2) is 21.6 Å². The van der Waals surface area contributed by atoms with Crippen molar-refractivity contribution >= 4 is 11.8 Å². The smallest absolute Gasteiger partial charge is 0.367 e. The van der Waals surface area contributed by atoms with Crippen LogP contribution in [0, 0.1) is 0 Å². The van der Waals surface area contributed by atoms with Crippen LogP contribution < -0.4 is 11.1 Å². The van der Waals surface area contributed by atoms with Gasteiger partial charge in [-0.15, -0.1) is 0 Å². The Hall–Kier alpha value is -2.84. The van der Waals surface area contributed by atoms with Crippen LogP contribution in [0.15, 0.2) is 42.7 Å². The summed E-state index contributed by atoms with van der Waals surface area (Å²) >= 11 is 0. The zero-order valence-electron chi connectivity index (χ0n) is 12.7. The number of amides is 2. The lowest BCUT2D eigenvalue weighted by molar-refractivity contribution is -0.138. The predicted molar refractivity (Wildman–Crippen MR) is 78.4 cm³/mol. The fraction of sp³-hybridized carbons (Fsp3) is 0.267. The number of carbonyl (C=O) groups excluding carboxylic acids is 2. The maximum absolute atomic E-state index is 12.9. The van der Waals surface area contributed by atoms with E-state index in [-0.39, 0.29) is 12.1 Å². The first kappa shape index (κ1) is 17.5. The summed E-state index contributed by atoms with van der Waals surface area (Å²) in [5.74, 6) is -1.59. The number of hydrogen-bond acceptors (Lipinski definition) is 3. The molecule has 0 unspecified atom stereocenters. The molecule has 128 valence electrons. The standard InChI is InChI=1S/C15H15F3N4O2/c1-14(13(19)24,21-12(23)9-22-7-3-6-20-22)10-4-2-5-11(8-10)15(16,17)18/h2-8H,9H2,1H3,(H2,19,24)(H,21,23)/t14-/m0/s1. The Labute approximate surface area is 135 Å². The molecule has 0 aliphatic carbocycles. The second kappa shape index (κ2) is 6.34. The summed E-state index contributed by atoms with van der Waals surface area (Å²) in [4.78, 5) is 23.9. The second-order valence-corrected chi connectivity index (χ2v) is 5.32. The monoisotopic (exact) mass is 340 g/mol. The Morgan fingerprint density at radius 1 is 1.25 bits per heavy atom. The molecule has 6 nitrogen and oxygen atoms in total. The molecule has 1 atom stereocenters. The summed E-state index contributed by atoms with van der Waals surface area (Å²) in [5, 5.41) is 6.23. The zero-order valence-corrected chi connectivity index (χ0v) is 12.7. The number of primary amides is 1. The molecule has 2 rings (SSSR count). The minimum absolute atomic E-state index is 0.0568. The Bertz CT molecular complexity index is 743. The van der Waals surface area contributed by atoms with E-state index in [1.807, 2.05) is 0 Å². The van der Waals surface area contributed by atoms with Crippen LogP contribution in [0.2, 0.25) is 0 Å². The van der Waals surface area contributed by atoms with Crippen LogP contribution in [0.4, 0.5) is 13.2 Å². The summed E-state index contributed by atoms with van der Waals surface area (Å²) in [7, 11) is 0. The molecule has 3 N–H and O–H groups in total. The van der Waals surface area contributed by atoms with Gasteiger partial charge in [0.25, 0.3) is 0 Å². The van der Waals surface area contributed by atoms with Gasteiger partial charge in [0.15, 0.2) is 0 Å². The number of nitrogens with zero attached hydrogens (tertiary/aromatic N) is 2. The normalized spacial score (nSPS) is 14.0. The van der Waals surface area contributed by atoms with E-state index in [1.165, 1.54) is 30.1 Å². The fourth-order valence-electron chi connectivity index (χ4n) is 2.14. The molecular formula is C15H15F3N4O2. The van der Waals surface area contributed by atoms with Gasteiger partial charge in [0, 0.05) is 12.4 Å². The van der Waals surface area contributed by atoms with Crippen LogP contribution in [0.25, 0.3) is 0 Å². The van der Waals surface area contributed by atoms with Crippen molar-refractivity contribution in [3.05, 3.63) is 53.9 Å². The average Bonchev–Trinajstić information content (AvgIpc) is 2.98. The van der Waals surface area contributed by atoms with Gasteiger partial charge >= 0.3 is 6.18 Å². The number of rotatable bonds is 5. The molecule has 0 bridgehead atoms. The number of alkyl halides is 3. The van der Waals surface area contributed by atoms with Crippen molar-refractivity contribution in [2.24, 2.45) is 5.73 Å². The van der Waals surface area contributed by atoms with E-state index in [4.69, 9.17) is 5.73 Å². The number of hydrogen-bond donors (Lipinski definition) is 2. The van der Waals surface area contributed by atoms with Crippen molar-refractivity contribution < 1.29 is 22.8 Å². The number of nitrogens with two attached hydrogens (primary N) is 1. The number of halogens is 3. The lowest BCUT2D eigenvalue weighted by atomic mass is 9.89. The molecule has 1 heterocycles.